The Bertz CT molecular complexity index is 433. The first kappa shape index (κ1) is 9.28. The van der Waals surface area contributed by atoms with Crippen molar-refractivity contribution in [3.63, 3.8) is 0 Å². The molecule has 0 atom stereocenters. The first-order valence-electron chi connectivity index (χ1n) is 3.65. The fourth-order valence-corrected chi connectivity index (χ4v) is 1.29. The van der Waals surface area contributed by atoms with E-state index in [1.807, 2.05) is 18.2 Å². The van der Waals surface area contributed by atoms with Crippen molar-refractivity contribution in [1.29, 1.82) is 0 Å². The van der Waals surface area contributed by atoms with Gasteiger partial charge in [-0.1, -0.05) is 12.1 Å². The first-order chi connectivity index (χ1) is 5.79. The maximum atomic E-state index is 10.9. The molecule has 0 aliphatic carbocycles. The molecule has 4 heteroatoms. The summed E-state index contributed by atoms with van der Waals surface area (Å²) in [5.74, 6) is -0.400. The number of primary amides is 1. The number of aromatic nitrogens is 1. The molecular formula is C9H11N3O. The summed E-state index contributed by atoms with van der Waals surface area (Å²) in [7, 11) is 0. The van der Waals surface area contributed by atoms with Crippen molar-refractivity contribution in [2.75, 3.05) is 0 Å². The lowest BCUT2D eigenvalue weighted by molar-refractivity contribution is 0.100. The number of rotatable bonds is 1. The van der Waals surface area contributed by atoms with Crippen molar-refractivity contribution in [1.82, 2.24) is 11.1 Å². The van der Waals surface area contributed by atoms with Crippen LogP contribution in [0.4, 0.5) is 0 Å². The van der Waals surface area contributed by atoms with E-state index >= 15 is 0 Å². The van der Waals surface area contributed by atoms with E-state index in [2.05, 4.69) is 4.98 Å². The zero-order valence-corrected chi connectivity index (χ0v) is 7.08. The Kier molecular flexibility index (Phi) is 2.34. The van der Waals surface area contributed by atoms with Crippen LogP contribution in [0.25, 0.3) is 10.9 Å². The molecule has 0 bridgehead atoms. The molecule has 0 spiro atoms. The molecule has 2 aromatic rings. The molecule has 1 aromatic heterocycles. The van der Waals surface area contributed by atoms with Crippen LogP contribution in [0.5, 0.6) is 0 Å². The molecule has 4 nitrogen and oxygen atoms in total. The lowest BCUT2D eigenvalue weighted by Gasteiger charge is -1.96. The second-order valence-corrected chi connectivity index (χ2v) is 2.61. The average Bonchev–Trinajstić information content (AvgIpc) is 2.49. The predicted molar refractivity (Wildman–Crippen MR) is 51.8 cm³/mol. The number of fused-ring (bicyclic) bond motifs is 1. The molecular weight excluding hydrogens is 166 g/mol. The summed E-state index contributed by atoms with van der Waals surface area (Å²) in [4.78, 5) is 13.9. The van der Waals surface area contributed by atoms with E-state index in [0.717, 1.165) is 10.9 Å². The van der Waals surface area contributed by atoms with Gasteiger partial charge in [-0.3, -0.25) is 4.79 Å². The summed E-state index contributed by atoms with van der Waals surface area (Å²) in [6.07, 6.45) is 1.79. The van der Waals surface area contributed by atoms with Gasteiger partial charge in [0.25, 0.3) is 5.91 Å². The Hall–Kier alpha value is -1.81. The van der Waals surface area contributed by atoms with Crippen molar-refractivity contribution in [3.05, 3.63) is 36.0 Å². The quantitative estimate of drug-likeness (QED) is 0.614. The van der Waals surface area contributed by atoms with E-state index in [0.29, 0.717) is 5.56 Å². The van der Waals surface area contributed by atoms with Crippen LogP contribution >= 0.6 is 0 Å². The maximum absolute atomic E-state index is 10.9. The second kappa shape index (κ2) is 3.28. The Morgan fingerprint density at radius 2 is 2.08 bits per heavy atom. The van der Waals surface area contributed by atoms with Crippen LogP contribution in [-0.4, -0.2) is 10.9 Å². The lowest BCUT2D eigenvalue weighted by atomic mass is 10.1. The number of hydrogen-bond acceptors (Lipinski definition) is 2. The molecule has 0 aliphatic heterocycles. The highest BCUT2D eigenvalue weighted by molar-refractivity contribution is 6.04. The van der Waals surface area contributed by atoms with E-state index in [-0.39, 0.29) is 6.15 Å². The van der Waals surface area contributed by atoms with Crippen LogP contribution in [0.2, 0.25) is 0 Å². The third-order valence-corrected chi connectivity index (χ3v) is 1.85. The number of aromatic amines is 1. The van der Waals surface area contributed by atoms with Crippen molar-refractivity contribution in [2.45, 2.75) is 0 Å². The molecule has 0 fully saturated rings. The Balaban J connectivity index is 0.000000845. The van der Waals surface area contributed by atoms with Crippen LogP contribution in [-0.2, 0) is 0 Å². The number of hydrogen-bond donors (Lipinski definition) is 3. The summed E-state index contributed by atoms with van der Waals surface area (Å²) >= 11 is 0. The number of carbonyl (C=O) groups is 1. The Morgan fingerprint density at radius 1 is 1.31 bits per heavy atom. The van der Waals surface area contributed by atoms with Crippen LogP contribution in [0.1, 0.15) is 10.4 Å². The monoisotopic (exact) mass is 177 g/mol. The molecule has 0 aliphatic rings. The fraction of sp³-hybridized carbons (Fsp3) is 0. The van der Waals surface area contributed by atoms with Gasteiger partial charge in [-0.05, 0) is 12.1 Å². The van der Waals surface area contributed by atoms with Gasteiger partial charge in [0.1, 0.15) is 0 Å². The van der Waals surface area contributed by atoms with Crippen LogP contribution in [0.3, 0.4) is 0 Å². The number of benzene rings is 1. The number of amides is 1. The molecule has 0 saturated carbocycles. The molecule has 0 unspecified atom stereocenters. The van der Waals surface area contributed by atoms with Gasteiger partial charge >= 0.3 is 0 Å². The second-order valence-electron chi connectivity index (χ2n) is 2.61. The fourth-order valence-electron chi connectivity index (χ4n) is 1.29. The minimum Gasteiger partial charge on any atom is -0.366 e. The summed E-state index contributed by atoms with van der Waals surface area (Å²) in [6.45, 7) is 0. The van der Waals surface area contributed by atoms with E-state index < -0.39 is 5.91 Å². The zero-order valence-electron chi connectivity index (χ0n) is 7.08. The van der Waals surface area contributed by atoms with Crippen molar-refractivity contribution >= 4 is 16.8 Å². The number of para-hydroxylation sites is 1. The molecule has 0 radical (unpaired) electrons. The average molecular weight is 177 g/mol. The number of carbonyl (C=O) groups excluding carboxylic acids is 1. The molecule has 1 heterocycles. The third-order valence-electron chi connectivity index (χ3n) is 1.85. The molecule has 1 amide bonds. The maximum Gasteiger partial charge on any atom is 0.250 e. The van der Waals surface area contributed by atoms with Crippen molar-refractivity contribution in [2.24, 2.45) is 5.73 Å². The van der Waals surface area contributed by atoms with Gasteiger partial charge in [-0.15, -0.1) is 0 Å². The highest BCUT2D eigenvalue weighted by atomic mass is 16.1. The molecule has 2 rings (SSSR count). The number of nitrogens with one attached hydrogen (secondary N) is 1. The smallest absolute Gasteiger partial charge is 0.250 e. The number of H-pyrrole nitrogens is 1. The van der Waals surface area contributed by atoms with Gasteiger partial charge in [0.05, 0.1) is 11.1 Å². The number of nitrogens with two attached hydrogens (primary N) is 1. The van der Waals surface area contributed by atoms with Crippen LogP contribution in [0, 0.1) is 0 Å². The SMILES string of the molecule is N.NC(=O)c1cccc2cc[nH]c12. The highest BCUT2D eigenvalue weighted by Crippen LogP contribution is 2.15. The summed E-state index contributed by atoms with van der Waals surface area (Å²) < 4.78 is 0. The van der Waals surface area contributed by atoms with Gasteiger partial charge in [0, 0.05) is 11.6 Å². The van der Waals surface area contributed by atoms with E-state index in [4.69, 9.17) is 5.73 Å². The van der Waals surface area contributed by atoms with Crippen LogP contribution < -0.4 is 11.9 Å². The van der Waals surface area contributed by atoms with E-state index in [1.54, 1.807) is 12.3 Å². The van der Waals surface area contributed by atoms with Gasteiger partial charge in [0.2, 0.25) is 0 Å². The minimum absolute atomic E-state index is 0. The summed E-state index contributed by atoms with van der Waals surface area (Å²) in [5.41, 5.74) is 6.53. The van der Waals surface area contributed by atoms with Gasteiger partial charge < -0.3 is 16.9 Å². The molecule has 68 valence electrons. The lowest BCUT2D eigenvalue weighted by Crippen LogP contribution is -2.11. The van der Waals surface area contributed by atoms with Crippen LogP contribution in [0.15, 0.2) is 30.5 Å². The summed E-state index contributed by atoms with van der Waals surface area (Å²) in [6, 6.07) is 7.36. The molecule has 0 saturated heterocycles. The normalized spacial score (nSPS) is 9.54. The van der Waals surface area contributed by atoms with E-state index in [1.165, 1.54) is 0 Å². The molecule has 6 N–H and O–H groups in total. The largest absolute Gasteiger partial charge is 0.366 e. The topological polar surface area (TPSA) is 93.9 Å². The van der Waals surface area contributed by atoms with Gasteiger partial charge in [-0.2, -0.15) is 0 Å². The minimum atomic E-state index is -0.400. The van der Waals surface area contributed by atoms with Crippen molar-refractivity contribution < 1.29 is 4.79 Å². The standard InChI is InChI=1S/C9H8N2O.H3N/c10-9(12)7-3-1-2-6-4-5-11-8(6)7;/h1-5,11H,(H2,10,12);1H3. The Labute approximate surface area is 75.3 Å². The zero-order chi connectivity index (χ0) is 8.55. The van der Waals surface area contributed by atoms with Gasteiger partial charge in [-0.25, -0.2) is 0 Å². The predicted octanol–water partition coefficient (Wildman–Crippen LogP) is 1.43. The third kappa shape index (κ3) is 1.39. The summed E-state index contributed by atoms with van der Waals surface area (Å²) in [5, 5.41) is 1.01. The van der Waals surface area contributed by atoms with Crippen molar-refractivity contribution in [3.8, 4) is 0 Å². The molecule has 1 aromatic carbocycles. The Morgan fingerprint density at radius 3 is 2.77 bits per heavy atom. The highest BCUT2D eigenvalue weighted by Gasteiger charge is 2.05. The molecule has 13 heavy (non-hydrogen) atoms. The van der Waals surface area contributed by atoms with Gasteiger partial charge in [0.15, 0.2) is 0 Å². The first-order valence-corrected chi connectivity index (χ1v) is 3.65. The van der Waals surface area contributed by atoms with E-state index in [9.17, 15) is 4.79 Å².